The van der Waals surface area contributed by atoms with Gasteiger partial charge in [-0.3, -0.25) is 19.7 Å². The largest absolute Gasteiger partial charge is 0.359 e. The maximum Gasteiger partial charge on any atom is 0.270 e. The highest BCUT2D eigenvalue weighted by Gasteiger charge is 2.43. The molecule has 3 unspecified atom stereocenters. The van der Waals surface area contributed by atoms with Crippen molar-refractivity contribution in [2.45, 2.75) is 18.5 Å². The van der Waals surface area contributed by atoms with Gasteiger partial charge in [0.1, 0.15) is 0 Å². The van der Waals surface area contributed by atoms with Crippen molar-refractivity contribution in [3.63, 3.8) is 0 Å². The lowest BCUT2D eigenvalue weighted by atomic mass is 10.0. The van der Waals surface area contributed by atoms with Gasteiger partial charge >= 0.3 is 0 Å². The molecule has 2 heterocycles. The number of carbonyl (C=O) groups is 2. The highest BCUT2D eigenvalue weighted by Crippen LogP contribution is 2.34. The van der Waals surface area contributed by atoms with Crippen LogP contribution in [0.3, 0.4) is 0 Å². The number of nitro groups is 1. The Labute approximate surface area is 147 Å². The molecule has 0 aromatic heterocycles. The van der Waals surface area contributed by atoms with E-state index in [0.717, 1.165) is 6.07 Å². The summed E-state index contributed by atoms with van der Waals surface area (Å²) in [6.45, 7) is 0. The van der Waals surface area contributed by atoms with Crippen LogP contribution in [-0.2, 0) is 4.79 Å². The van der Waals surface area contributed by atoms with E-state index >= 15 is 0 Å². The van der Waals surface area contributed by atoms with Crippen LogP contribution in [0.25, 0.3) is 0 Å². The molecule has 2 aliphatic heterocycles. The fourth-order valence-electron chi connectivity index (χ4n) is 3.11. The van der Waals surface area contributed by atoms with Crippen molar-refractivity contribution in [2.24, 2.45) is 5.92 Å². The molecule has 1 fully saturated rings. The van der Waals surface area contributed by atoms with Crippen molar-refractivity contribution < 1.29 is 14.5 Å². The molecule has 0 N–H and O–H groups in total. The predicted octanol–water partition coefficient (Wildman–Crippen LogP) is 2.67. The van der Waals surface area contributed by atoms with E-state index in [0.29, 0.717) is 6.42 Å². The number of benzene rings is 1. The van der Waals surface area contributed by atoms with Crippen LogP contribution >= 0.6 is 11.6 Å². The molecule has 0 spiro atoms. The lowest BCUT2D eigenvalue weighted by molar-refractivity contribution is -0.384. The van der Waals surface area contributed by atoms with Gasteiger partial charge in [0.25, 0.3) is 5.69 Å². The van der Waals surface area contributed by atoms with Gasteiger partial charge in [-0.15, -0.1) is 0 Å². The topological polar surface area (TPSA) is 104 Å². The summed E-state index contributed by atoms with van der Waals surface area (Å²) >= 11 is 5.96. The zero-order chi connectivity index (χ0) is 18.1. The van der Waals surface area contributed by atoms with Gasteiger partial charge < -0.3 is 4.90 Å². The summed E-state index contributed by atoms with van der Waals surface area (Å²) in [6, 6.07) is 5.07. The first-order valence-corrected chi connectivity index (χ1v) is 7.85. The fraction of sp³-hybridized carbons (Fsp3) is 0.235. The number of nitrogens with zero attached hydrogens (tertiary/aromatic N) is 3. The Morgan fingerprint density at radius 2 is 2.24 bits per heavy atom. The Morgan fingerprint density at radius 3 is 2.92 bits per heavy atom. The van der Waals surface area contributed by atoms with E-state index in [-0.39, 0.29) is 34.0 Å². The third kappa shape index (κ3) is 3.04. The van der Waals surface area contributed by atoms with Crippen molar-refractivity contribution in [3.05, 3.63) is 63.3 Å². The second-order valence-corrected chi connectivity index (χ2v) is 6.19. The second-order valence-electron chi connectivity index (χ2n) is 5.79. The molecule has 3 atom stereocenters. The lowest BCUT2D eigenvalue weighted by Crippen LogP contribution is -2.39. The van der Waals surface area contributed by atoms with Crippen LogP contribution in [-0.4, -0.2) is 33.5 Å². The molecule has 0 radical (unpaired) electrons. The maximum absolute atomic E-state index is 12.4. The Balaban J connectivity index is 1.85. The van der Waals surface area contributed by atoms with E-state index in [1.807, 2.05) is 0 Å². The molecule has 0 saturated carbocycles. The standard InChI is InChI=1S/C17H12ClN3O4/c18-13-2-1-11(21(24)25)8-12(13)16(22)5-6-20-14-3-4-17(23)15(20)7-10(14)9-19/h1-6,8,10,14-15H,7H2/b6-5+. The third-order valence-electron chi connectivity index (χ3n) is 4.37. The number of allylic oxidation sites excluding steroid dienone is 1. The van der Waals surface area contributed by atoms with Gasteiger partial charge in [-0.05, 0) is 18.6 Å². The Kier molecular flexibility index (Phi) is 4.38. The average molecular weight is 358 g/mol. The summed E-state index contributed by atoms with van der Waals surface area (Å²) in [5.41, 5.74) is -0.225. The summed E-state index contributed by atoms with van der Waals surface area (Å²) in [5.74, 6) is -0.947. The molecule has 0 aliphatic carbocycles. The Bertz CT molecular complexity index is 871. The van der Waals surface area contributed by atoms with Crippen LogP contribution in [0.5, 0.6) is 0 Å². The van der Waals surface area contributed by atoms with E-state index < -0.39 is 16.7 Å². The van der Waals surface area contributed by atoms with E-state index in [2.05, 4.69) is 6.07 Å². The SMILES string of the molecule is N#CC1CC2C(=O)C=CC1N2/C=C/C(=O)c1cc([N+](=O)[O-])ccc1Cl. The minimum Gasteiger partial charge on any atom is -0.359 e. The van der Waals surface area contributed by atoms with E-state index in [1.165, 1.54) is 30.5 Å². The molecule has 1 saturated heterocycles. The van der Waals surface area contributed by atoms with Gasteiger partial charge in [0.05, 0.1) is 34.0 Å². The van der Waals surface area contributed by atoms with Crippen LogP contribution in [0.2, 0.25) is 5.02 Å². The number of rotatable bonds is 4. The average Bonchev–Trinajstić information content (AvgIpc) is 2.86. The summed E-state index contributed by atoms with van der Waals surface area (Å²) in [5, 5.41) is 20.1. The van der Waals surface area contributed by atoms with Crippen LogP contribution < -0.4 is 0 Å². The monoisotopic (exact) mass is 357 g/mol. The molecule has 7 nitrogen and oxygen atoms in total. The third-order valence-corrected chi connectivity index (χ3v) is 4.70. The number of ketones is 2. The van der Waals surface area contributed by atoms with E-state index in [9.17, 15) is 25.0 Å². The molecular weight excluding hydrogens is 346 g/mol. The van der Waals surface area contributed by atoms with Gasteiger partial charge in [-0.25, -0.2) is 0 Å². The molecular formula is C17H12ClN3O4. The van der Waals surface area contributed by atoms with Crippen molar-refractivity contribution in [3.8, 4) is 6.07 Å². The normalized spacial score (nSPS) is 24.6. The minimum atomic E-state index is -0.608. The highest BCUT2D eigenvalue weighted by molar-refractivity contribution is 6.34. The predicted molar refractivity (Wildman–Crippen MR) is 88.9 cm³/mol. The number of nitriles is 1. The fourth-order valence-corrected chi connectivity index (χ4v) is 3.32. The van der Waals surface area contributed by atoms with Crippen LogP contribution in [0.4, 0.5) is 5.69 Å². The van der Waals surface area contributed by atoms with Gasteiger partial charge in [-0.1, -0.05) is 17.7 Å². The summed E-state index contributed by atoms with van der Waals surface area (Å²) in [6.07, 6.45) is 6.22. The lowest BCUT2D eigenvalue weighted by Gasteiger charge is -2.29. The summed E-state index contributed by atoms with van der Waals surface area (Å²) in [4.78, 5) is 36.2. The molecule has 2 aliphatic rings. The molecule has 25 heavy (non-hydrogen) atoms. The molecule has 0 amide bonds. The van der Waals surface area contributed by atoms with E-state index in [4.69, 9.17) is 11.6 Å². The molecule has 2 bridgehead atoms. The highest BCUT2D eigenvalue weighted by atomic mass is 35.5. The molecule has 1 aromatic rings. The summed E-state index contributed by atoms with van der Waals surface area (Å²) < 4.78 is 0. The van der Waals surface area contributed by atoms with E-state index in [1.54, 1.807) is 11.0 Å². The molecule has 126 valence electrons. The number of hydrogen-bond donors (Lipinski definition) is 0. The smallest absolute Gasteiger partial charge is 0.270 e. The minimum absolute atomic E-state index is 0.00942. The first-order valence-electron chi connectivity index (χ1n) is 7.48. The molecule has 1 aromatic carbocycles. The van der Waals surface area contributed by atoms with Crippen molar-refractivity contribution >= 4 is 28.9 Å². The van der Waals surface area contributed by atoms with Crippen molar-refractivity contribution in [2.75, 3.05) is 0 Å². The van der Waals surface area contributed by atoms with Gasteiger partial charge in [0.15, 0.2) is 11.6 Å². The number of fused-ring (bicyclic) bond motifs is 2. The molecule has 8 heteroatoms. The first kappa shape index (κ1) is 16.9. The number of halogens is 1. The summed E-state index contributed by atoms with van der Waals surface area (Å²) in [7, 11) is 0. The van der Waals surface area contributed by atoms with Gasteiger partial charge in [-0.2, -0.15) is 5.26 Å². The first-order chi connectivity index (χ1) is 11.9. The van der Waals surface area contributed by atoms with Crippen LogP contribution in [0.15, 0.2) is 42.6 Å². The Morgan fingerprint density at radius 1 is 1.48 bits per heavy atom. The van der Waals surface area contributed by atoms with Crippen LogP contribution in [0, 0.1) is 27.4 Å². The number of non-ortho nitro benzene ring substituents is 1. The van der Waals surface area contributed by atoms with Gasteiger partial charge in [0, 0.05) is 30.0 Å². The molecule has 3 rings (SSSR count). The number of nitro benzene ring substituents is 1. The zero-order valence-corrected chi connectivity index (χ0v) is 13.6. The van der Waals surface area contributed by atoms with Crippen molar-refractivity contribution in [1.82, 2.24) is 4.90 Å². The van der Waals surface area contributed by atoms with Crippen LogP contribution in [0.1, 0.15) is 16.8 Å². The van der Waals surface area contributed by atoms with Gasteiger partial charge in [0.2, 0.25) is 0 Å². The zero-order valence-electron chi connectivity index (χ0n) is 12.8. The quantitative estimate of drug-likeness (QED) is 0.355. The Hall–Kier alpha value is -2.98. The number of hydrogen-bond acceptors (Lipinski definition) is 6. The van der Waals surface area contributed by atoms with Crippen molar-refractivity contribution in [1.29, 1.82) is 5.26 Å². The number of carbonyl (C=O) groups excluding carboxylic acids is 2. The second kappa shape index (κ2) is 6.49. The maximum atomic E-state index is 12.4.